The van der Waals surface area contributed by atoms with Gasteiger partial charge < -0.3 is 4.74 Å². The van der Waals surface area contributed by atoms with Crippen molar-refractivity contribution in [3.63, 3.8) is 0 Å². The highest BCUT2D eigenvalue weighted by atomic mass is 16.5. The van der Waals surface area contributed by atoms with Crippen LogP contribution in [-0.4, -0.2) is 26.5 Å². The number of aryl methyl sites for hydroxylation is 1. The number of aromatic nitrogens is 3. The molecule has 0 N–H and O–H groups in total. The van der Waals surface area contributed by atoms with Gasteiger partial charge in [0, 0.05) is 48.6 Å². The van der Waals surface area contributed by atoms with E-state index in [1.165, 1.54) is 6.92 Å². The van der Waals surface area contributed by atoms with Crippen LogP contribution in [0.1, 0.15) is 41.0 Å². The molecule has 6 heteroatoms. The van der Waals surface area contributed by atoms with Crippen LogP contribution in [0, 0.1) is 0 Å². The molecule has 0 aliphatic heterocycles. The summed E-state index contributed by atoms with van der Waals surface area (Å²) in [4.78, 5) is 28.7. The Labute approximate surface area is 163 Å². The van der Waals surface area contributed by atoms with E-state index in [0.29, 0.717) is 16.8 Å². The fraction of sp³-hybridized carbons (Fsp3) is 0.182. The molecule has 0 amide bonds. The van der Waals surface area contributed by atoms with Crippen molar-refractivity contribution in [3.8, 4) is 11.1 Å². The van der Waals surface area contributed by atoms with E-state index in [0.717, 1.165) is 16.7 Å². The lowest BCUT2D eigenvalue weighted by Crippen LogP contribution is -2.07. The molecule has 0 saturated heterocycles. The first kappa shape index (κ1) is 19.2. The lowest BCUT2D eigenvalue weighted by atomic mass is 9.97. The first-order valence-electron chi connectivity index (χ1n) is 8.86. The molecule has 2 heterocycles. The van der Waals surface area contributed by atoms with Gasteiger partial charge in [-0.15, -0.1) is 0 Å². The van der Waals surface area contributed by atoms with Crippen molar-refractivity contribution in [2.75, 3.05) is 0 Å². The van der Waals surface area contributed by atoms with Crippen molar-refractivity contribution in [3.05, 3.63) is 77.4 Å². The van der Waals surface area contributed by atoms with Gasteiger partial charge in [0.25, 0.3) is 0 Å². The molecule has 3 rings (SSSR count). The van der Waals surface area contributed by atoms with Gasteiger partial charge >= 0.3 is 5.97 Å². The number of benzene rings is 1. The molecule has 0 unspecified atom stereocenters. The summed E-state index contributed by atoms with van der Waals surface area (Å²) >= 11 is 0. The van der Waals surface area contributed by atoms with Crippen molar-refractivity contribution < 1.29 is 14.3 Å². The second-order valence-corrected chi connectivity index (χ2v) is 6.37. The van der Waals surface area contributed by atoms with E-state index in [1.807, 2.05) is 44.5 Å². The highest BCUT2D eigenvalue weighted by molar-refractivity contribution is 6.11. The van der Waals surface area contributed by atoms with Crippen LogP contribution in [0.5, 0.6) is 0 Å². The number of carbonyl (C=O) groups is 2. The molecule has 0 radical (unpaired) electrons. The van der Waals surface area contributed by atoms with E-state index in [4.69, 9.17) is 4.74 Å². The summed E-state index contributed by atoms with van der Waals surface area (Å²) in [6.07, 6.45) is 9.00. The van der Waals surface area contributed by atoms with Crippen molar-refractivity contribution in [1.29, 1.82) is 0 Å². The van der Waals surface area contributed by atoms with Gasteiger partial charge in [0.15, 0.2) is 5.78 Å². The Morgan fingerprint density at radius 3 is 2.68 bits per heavy atom. The van der Waals surface area contributed by atoms with E-state index in [2.05, 4.69) is 10.1 Å². The first-order valence-corrected chi connectivity index (χ1v) is 8.86. The predicted octanol–water partition coefficient (Wildman–Crippen LogP) is 3.81. The lowest BCUT2D eigenvalue weighted by molar-refractivity contribution is -0.142. The average Bonchev–Trinajstić information content (AvgIpc) is 3.13. The predicted molar refractivity (Wildman–Crippen MR) is 106 cm³/mol. The zero-order valence-electron chi connectivity index (χ0n) is 16.0. The fourth-order valence-corrected chi connectivity index (χ4v) is 2.82. The highest BCUT2D eigenvalue weighted by Crippen LogP contribution is 2.23. The van der Waals surface area contributed by atoms with Gasteiger partial charge in [-0.25, -0.2) is 0 Å². The van der Waals surface area contributed by atoms with Gasteiger partial charge in [0.1, 0.15) is 6.61 Å². The van der Waals surface area contributed by atoms with Crippen LogP contribution in [0.15, 0.2) is 55.0 Å². The number of pyridine rings is 1. The minimum atomic E-state index is -0.361. The number of allylic oxidation sites excluding steroid dienone is 1. The lowest BCUT2D eigenvalue weighted by Gasteiger charge is -2.09. The van der Waals surface area contributed by atoms with Crippen LogP contribution in [0.4, 0.5) is 0 Å². The molecular formula is C22H21N3O3. The summed E-state index contributed by atoms with van der Waals surface area (Å²) in [5.74, 6) is -0.503. The summed E-state index contributed by atoms with van der Waals surface area (Å²) in [7, 11) is 1.84. The van der Waals surface area contributed by atoms with Crippen LogP contribution >= 0.6 is 0 Å². The minimum absolute atomic E-state index is 0.131. The summed E-state index contributed by atoms with van der Waals surface area (Å²) in [5, 5.41) is 4.18. The monoisotopic (exact) mass is 375 g/mol. The van der Waals surface area contributed by atoms with Gasteiger partial charge in [0.05, 0.1) is 11.9 Å². The third-order valence-electron chi connectivity index (χ3n) is 4.16. The van der Waals surface area contributed by atoms with Gasteiger partial charge in [-0.1, -0.05) is 24.3 Å². The quantitative estimate of drug-likeness (QED) is 0.484. The molecule has 6 nitrogen and oxygen atoms in total. The number of hydrogen-bond acceptors (Lipinski definition) is 5. The number of ether oxygens (including phenoxy) is 1. The molecule has 0 aliphatic rings. The van der Waals surface area contributed by atoms with Gasteiger partial charge in [0.2, 0.25) is 0 Å². The van der Waals surface area contributed by atoms with Gasteiger partial charge in [-0.2, -0.15) is 5.10 Å². The number of esters is 1. The van der Waals surface area contributed by atoms with Crippen LogP contribution < -0.4 is 0 Å². The molecular weight excluding hydrogens is 354 g/mol. The third-order valence-corrected chi connectivity index (χ3v) is 4.16. The molecule has 0 spiro atoms. The Hall–Kier alpha value is -3.54. The Balaban J connectivity index is 1.99. The van der Waals surface area contributed by atoms with Gasteiger partial charge in [-0.05, 0) is 30.7 Å². The molecule has 0 saturated carbocycles. The normalized spacial score (nSPS) is 11.0. The highest BCUT2D eigenvalue weighted by Gasteiger charge is 2.16. The first-order chi connectivity index (χ1) is 13.5. The van der Waals surface area contributed by atoms with E-state index in [1.54, 1.807) is 35.3 Å². The zero-order valence-corrected chi connectivity index (χ0v) is 16.0. The van der Waals surface area contributed by atoms with E-state index in [-0.39, 0.29) is 18.4 Å². The number of nitrogens with zero attached hydrogens (tertiary/aromatic N) is 3. The molecule has 0 fully saturated rings. The molecule has 1 aromatic carbocycles. The SMILES string of the molecule is C/C=C\c1ncc(-c2cnn(C)c2)cc1C(=O)c1cccc(COC(C)=O)c1. The average molecular weight is 375 g/mol. The van der Waals surface area contributed by atoms with Crippen LogP contribution in [0.25, 0.3) is 17.2 Å². The van der Waals surface area contributed by atoms with Crippen molar-refractivity contribution in [1.82, 2.24) is 14.8 Å². The summed E-state index contributed by atoms with van der Waals surface area (Å²) in [6, 6.07) is 8.91. The maximum absolute atomic E-state index is 13.2. The van der Waals surface area contributed by atoms with Crippen LogP contribution in [0.3, 0.4) is 0 Å². The zero-order chi connectivity index (χ0) is 20.1. The summed E-state index contributed by atoms with van der Waals surface area (Å²) in [5.41, 5.74) is 4.08. The van der Waals surface area contributed by atoms with Crippen molar-refractivity contribution in [2.45, 2.75) is 20.5 Å². The number of rotatable bonds is 6. The number of ketones is 1. The maximum Gasteiger partial charge on any atom is 0.302 e. The molecule has 2 aromatic heterocycles. The maximum atomic E-state index is 13.2. The number of hydrogen-bond donors (Lipinski definition) is 0. The Morgan fingerprint density at radius 1 is 1.18 bits per heavy atom. The van der Waals surface area contributed by atoms with Crippen molar-refractivity contribution in [2.24, 2.45) is 7.05 Å². The van der Waals surface area contributed by atoms with Crippen molar-refractivity contribution >= 4 is 17.8 Å². The molecule has 28 heavy (non-hydrogen) atoms. The Bertz CT molecular complexity index is 1050. The van der Waals surface area contributed by atoms with Gasteiger partial charge in [-0.3, -0.25) is 19.3 Å². The summed E-state index contributed by atoms with van der Waals surface area (Å²) in [6.45, 7) is 3.37. The second-order valence-electron chi connectivity index (χ2n) is 6.37. The molecule has 0 bridgehead atoms. The standard InChI is InChI=1S/C22H21N3O3/c1-4-6-21-20(10-18(11-23-21)19-12-24-25(3)13-19)22(27)17-8-5-7-16(9-17)14-28-15(2)26/h4-13H,14H2,1-3H3/b6-4-. The fourth-order valence-electron chi connectivity index (χ4n) is 2.82. The molecule has 0 aliphatic carbocycles. The second kappa shape index (κ2) is 8.43. The third kappa shape index (κ3) is 4.40. The Morgan fingerprint density at radius 2 is 2.00 bits per heavy atom. The minimum Gasteiger partial charge on any atom is -0.461 e. The smallest absolute Gasteiger partial charge is 0.302 e. The number of carbonyl (C=O) groups excluding carboxylic acids is 2. The summed E-state index contributed by atoms with van der Waals surface area (Å²) < 4.78 is 6.73. The largest absolute Gasteiger partial charge is 0.461 e. The van der Waals surface area contributed by atoms with Crippen LogP contribution in [-0.2, 0) is 23.2 Å². The van der Waals surface area contributed by atoms with E-state index in [9.17, 15) is 9.59 Å². The Kier molecular flexibility index (Phi) is 5.79. The molecule has 142 valence electrons. The van der Waals surface area contributed by atoms with Crippen LogP contribution in [0.2, 0.25) is 0 Å². The topological polar surface area (TPSA) is 74.1 Å². The van der Waals surface area contributed by atoms with E-state index >= 15 is 0 Å². The molecule has 3 aromatic rings. The molecule has 0 atom stereocenters. The van der Waals surface area contributed by atoms with E-state index < -0.39 is 0 Å².